The predicted molar refractivity (Wildman–Crippen MR) is 109 cm³/mol. The Morgan fingerprint density at radius 1 is 1.32 bits per heavy atom. The fourth-order valence-corrected chi connectivity index (χ4v) is 5.78. The number of benzene rings is 1. The predicted octanol–water partition coefficient (Wildman–Crippen LogP) is 2.87. The number of carbonyl (C=O) groups excluding carboxylic acids is 1. The van der Waals surface area contributed by atoms with E-state index in [0.717, 1.165) is 11.1 Å². The Hall–Kier alpha value is -1.87. The minimum Gasteiger partial charge on any atom is -0.411 e. The van der Waals surface area contributed by atoms with E-state index >= 15 is 0 Å². The van der Waals surface area contributed by atoms with Crippen molar-refractivity contribution in [1.82, 2.24) is 15.1 Å². The molecule has 1 aromatic heterocycles. The molecule has 9 heteroatoms. The Morgan fingerprint density at radius 3 is 2.68 bits per heavy atom. The summed E-state index contributed by atoms with van der Waals surface area (Å²) >= 11 is 1.20. The molecule has 1 saturated heterocycles. The molecule has 1 aliphatic heterocycles. The number of rotatable bonds is 6. The van der Waals surface area contributed by atoms with Crippen LogP contribution in [0.2, 0.25) is 0 Å². The Bertz CT molecular complexity index is 971. The number of aromatic nitrogens is 2. The lowest BCUT2D eigenvalue weighted by atomic mass is 10.1. The third-order valence-electron chi connectivity index (χ3n) is 5.06. The molecule has 0 N–H and O–H groups in total. The molecule has 0 bridgehead atoms. The molecule has 0 saturated carbocycles. The van der Waals surface area contributed by atoms with Gasteiger partial charge in [0.15, 0.2) is 9.84 Å². The normalized spacial score (nSPS) is 19.5. The van der Waals surface area contributed by atoms with E-state index in [4.69, 9.17) is 4.42 Å². The van der Waals surface area contributed by atoms with Gasteiger partial charge in [-0.3, -0.25) is 4.79 Å². The molecule has 1 aromatic carbocycles. The number of aryl methyl sites for hydroxylation is 2. The van der Waals surface area contributed by atoms with E-state index in [1.807, 2.05) is 39.0 Å². The van der Waals surface area contributed by atoms with Crippen molar-refractivity contribution in [1.29, 1.82) is 0 Å². The molecule has 3 rings (SSSR count). The minimum absolute atomic E-state index is 0.0431. The number of amides is 1. The van der Waals surface area contributed by atoms with Gasteiger partial charge in [-0.05, 0) is 57.4 Å². The van der Waals surface area contributed by atoms with Crippen LogP contribution in [0.15, 0.2) is 27.8 Å². The maximum absolute atomic E-state index is 12.9. The molecule has 0 unspecified atom stereocenters. The molecular formula is C19H25N3O4S2. The third-order valence-corrected chi connectivity index (χ3v) is 7.73. The van der Waals surface area contributed by atoms with Crippen LogP contribution in [0.4, 0.5) is 0 Å². The summed E-state index contributed by atoms with van der Waals surface area (Å²) in [5, 5.41) is 8.02. The van der Waals surface area contributed by atoms with Crippen LogP contribution < -0.4 is 0 Å². The van der Waals surface area contributed by atoms with Gasteiger partial charge in [0.25, 0.3) is 5.22 Å². The molecular weight excluding hydrogens is 398 g/mol. The molecule has 2 aromatic rings. The summed E-state index contributed by atoms with van der Waals surface area (Å²) in [6, 6.07) is 5.67. The van der Waals surface area contributed by atoms with E-state index in [1.54, 1.807) is 11.8 Å². The number of carbonyl (C=O) groups is 1. The summed E-state index contributed by atoms with van der Waals surface area (Å²) in [5.74, 6) is 0.493. The highest BCUT2D eigenvalue weighted by atomic mass is 32.2. The minimum atomic E-state index is -3.04. The molecule has 0 spiro atoms. The first kappa shape index (κ1) is 20.9. The third kappa shape index (κ3) is 4.57. The van der Waals surface area contributed by atoms with Crippen LogP contribution in [0.5, 0.6) is 0 Å². The lowest BCUT2D eigenvalue weighted by molar-refractivity contribution is -0.131. The van der Waals surface area contributed by atoms with Gasteiger partial charge in [0, 0.05) is 18.2 Å². The number of sulfone groups is 1. The highest BCUT2D eigenvalue weighted by molar-refractivity contribution is 8.00. The second-order valence-electron chi connectivity index (χ2n) is 7.11. The topological polar surface area (TPSA) is 93.4 Å². The Balaban J connectivity index is 1.68. The van der Waals surface area contributed by atoms with E-state index in [1.165, 1.54) is 17.3 Å². The van der Waals surface area contributed by atoms with E-state index in [0.29, 0.717) is 24.1 Å². The van der Waals surface area contributed by atoms with Crippen molar-refractivity contribution in [2.45, 2.75) is 50.6 Å². The molecule has 152 valence electrons. The maximum atomic E-state index is 12.9. The average Bonchev–Trinajstić information content (AvgIpc) is 3.24. The maximum Gasteiger partial charge on any atom is 0.277 e. The Kier molecular flexibility index (Phi) is 6.14. The smallest absolute Gasteiger partial charge is 0.277 e. The summed E-state index contributed by atoms with van der Waals surface area (Å²) in [5.41, 5.74) is 3.16. The summed E-state index contributed by atoms with van der Waals surface area (Å²) in [7, 11) is -3.04. The number of thioether (sulfide) groups is 1. The Morgan fingerprint density at radius 2 is 2.07 bits per heavy atom. The highest BCUT2D eigenvalue weighted by Crippen LogP contribution is 2.29. The summed E-state index contributed by atoms with van der Waals surface area (Å²) in [6.45, 7) is 8.18. The lowest BCUT2D eigenvalue weighted by Crippen LogP contribution is -2.44. The van der Waals surface area contributed by atoms with Crippen LogP contribution in [0.1, 0.15) is 31.4 Å². The van der Waals surface area contributed by atoms with Crippen LogP contribution in [0.25, 0.3) is 11.5 Å². The van der Waals surface area contributed by atoms with Gasteiger partial charge in [0.2, 0.25) is 11.8 Å². The van der Waals surface area contributed by atoms with Crippen molar-refractivity contribution in [3.05, 3.63) is 29.3 Å². The van der Waals surface area contributed by atoms with Crippen LogP contribution >= 0.6 is 11.8 Å². The SMILES string of the molecule is CCN(C(=O)[C@H](C)Sc1nnc(-c2ccc(C)c(C)c2)o1)[C@@H]1CCS(=O)(=O)C1. The molecule has 0 aliphatic carbocycles. The second kappa shape index (κ2) is 8.24. The monoisotopic (exact) mass is 423 g/mol. The standard InChI is InChI=1S/C19H25N3O4S2/c1-5-22(16-8-9-28(24,25)11-16)18(23)14(4)27-19-21-20-17(26-19)15-7-6-12(2)13(3)10-15/h6-7,10,14,16H,5,8-9,11H2,1-4H3/t14-,16+/m0/s1. The van der Waals surface area contributed by atoms with Crippen LogP contribution in [-0.2, 0) is 14.6 Å². The molecule has 2 heterocycles. The molecule has 2 atom stereocenters. The fraction of sp³-hybridized carbons (Fsp3) is 0.526. The summed E-state index contributed by atoms with van der Waals surface area (Å²) < 4.78 is 29.2. The Labute approximate surface area is 169 Å². The molecule has 7 nitrogen and oxygen atoms in total. The van der Waals surface area contributed by atoms with Gasteiger partial charge in [-0.1, -0.05) is 17.8 Å². The van der Waals surface area contributed by atoms with Gasteiger partial charge < -0.3 is 9.32 Å². The van der Waals surface area contributed by atoms with Gasteiger partial charge in [-0.15, -0.1) is 10.2 Å². The quantitative estimate of drug-likeness (QED) is 0.660. The molecule has 28 heavy (non-hydrogen) atoms. The van der Waals surface area contributed by atoms with E-state index < -0.39 is 15.1 Å². The molecule has 0 radical (unpaired) electrons. The first-order valence-electron chi connectivity index (χ1n) is 9.29. The zero-order valence-electron chi connectivity index (χ0n) is 16.5. The molecule has 1 fully saturated rings. The van der Waals surface area contributed by atoms with Crippen LogP contribution in [0.3, 0.4) is 0 Å². The van der Waals surface area contributed by atoms with Gasteiger partial charge in [0.1, 0.15) is 0 Å². The van der Waals surface area contributed by atoms with Crippen molar-refractivity contribution < 1.29 is 17.6 Å². The van der Waals surface area contributed by atoms with Crippen LogP contribution in [0, 0.1) is 13.8 Å². The first-order chi connectivity index (χ1) is 13.2. The summed E-state index contributed by atoms with van der Waals surface area (Å²) in [6.07, 6.45) is 0.497. The van der Waals surface area contributed by atoms with E-state index in [9.17, 15) is 13.2 Å². The van der Waals surface area contributed by atoms with Crippen molar-refractivity contribution in [2.24, 2.45) is 0 Å². The lowest BCUT2D eigenvalue weighted by Gasteiger charge is -2.28. The average molecular weight is 424 g/mol. The van der Waals surface area contributed by atoms with Gasteiger partial charge in [-0.2, -0.15) is 0 Å². The zero-order valence-corrected chi connectivity index (χ0v) is 18.1. The first-order valence-corrected chi connectivity index (χ1v) is 12.0. The van der Waals surface area contributed by atoms with Crippen LogP contribution in [-0.4, -0.2) is 58.8 Å². The summed E-state index contributed by atoms with van der Waals surface area (Å²) in [4.78, 5) is 14.5. The van der Waals surface area contributed by atoms with Crippen molar-refractivity contribution >= 4 is 27.5 Å². The second-order valence-corrected chi connectivity index (χ2v) is 10.6. The zero-order chi connectivity index (χ0) is 20.5. The van der Waals surface area contributed by atoms with Crippen molar-refractivity contribution in [2.75, 3.05) is 18.1 Å². The number of hydrogen-bond donors (Lipinski definition) is 0. The van der Waals surface area contributed by atoms with Crippen molar-refractivity contribution in [3.8, 4) is 11.5 Å². The van der Waals surface area contributed by atoms with Gasteiger partial charge >= 0.3 is 0 Å². The molecule has 1 aliphatic rings. The van der Waals surface area contributed by atoms with Gasteiger partial charge in [0.05, 0.1) is 16.8 Å². The largest absolute Gasteiger partial charge is 0.411 e. The highest BCUT2D eigenvalue weighted by Gasteiger charge is 2.35. The number of nitrogens with zero attached hydrogens (tertiary/aromatic N) is 3. The van der Waals surface area contributed by atoms with E-state index in [2.05, 4.69) is 10.2 Å². The van der Waals surface area contributed by atoms with E-state index in [-0.39, 0.29) is 23.5 Å². The van der Waals surface area contributed by atoms with Gasteiger partial charge in [-0.25, -0.2) is 8.42 Å². The fourth-order valence-electron chi connectivity index (χ4n) is 3.30. The molecule has 1 amide bonds. The van der Waals surface area contributed by atoms with Crippen molar-refractivity contribution in [3.63, 3.8) is 0 Å². The number of hydrogen-bond acceptors (Lipinski definition) is 7.